The summed E-state index contributed by atoms with van der Waals surface area (Å²) in [5.74, 6) is 0.820. The molecule has 1 amide bonds. The molecular weight excluding hydrogens is 346 g/mol. The highest BCUT2D eigenvalue weighted by Gasteiger charge is 2.24. The van der Waals surface area contributed by atoms with Crippen molar-refractivity contribution in [2.75, 3.05) is 0 Å². The van der Waals surface area contributed by atoms with Crippen LogP contribution < -0.4 is 10.1 Å². The van der Waals surface area contributed by atoms with Gasteiger partial charge in [0.15, 0.2) is 0 Å². The number of carbonyl (C=O) groups is 1. The van der Waals surface area contributed by atoms with Gasteiger partial charge in [-0.3, -0.25) is 9.48 Å². The van der Waals surface area contributed by atoms with Gasteiger partial charge in [-0.25, -0.2) is 0 Å². The van der Waals surface area contributed by atoms with E-state index in [2.05, 4.69) is 10.4 Å². The van der Waals surface area contributed by atoms with Crippen LogP contribution in [-0.2, 0) is 13.7 Å². The molecule has 0 saturated heterocycles. The number of hydrogen-bond acceptors (Lipinski definition) is 4. The van der Waals surface area contributed by atoms with Crippen molar-refractivity contribution < 1.29 is 9.53 Å². The Morgan fingerprint density at radius 3 is 2.85 bits per heavy atom. The predicted octanol–water partition coefficient (Wildman–Crippen LogP) is 4.15. The summed E-state index contributed by atoms with van der Waals surface area (Å²) in [4.78, 5) is 14.7. The van der Waals surface area contributed by atoms with Crippen molar-refractivity contribution in [1.29, 1.82) is 0 Å². The summed E-state index contributed by atoms with van der Waals surface area (Å²) in [7, 11) is 1.92. The third-order valence-corrected chi connectivity index (χ3v) is 6.10. The second kappa shape index (κ2) is 6.29. The number of rotatable bonds is 3. The Balaban J connectivity index is 1.60. The van der Waals surface area contributed by atoms with E-state index in [1.54, 1.807) is 0 Å². The number of thiophene rings is 1. The van der Waals surface area contributed by atoms with E-state index in [4.69, 9.17) is 4.74 Å². The molecule has 0 spiro atoms. The molecular formula is C20H21N3O2S. The molecule has 1 atom stereocenters. The number of nitrogens with one attached hydrogen (secondary N) is 1. The lowest BCUT2D eigenvalue weighted by Gasteiger charge is -2.16. The van der Waals surface area contributed by atoms with Gasteiger partial charge in [-0.15, -0.1) is 11.3 Å². The van der Waals surface area contributed by atoms with E-state index in [1.165, 1.54) is 11.3 Å². The van der Waals surface area contributed by atoms with Crippen molar-refractivity contribution >= 4 is 17.2 Å². The van der Waals surface area contributed by atoms with Gasteiger partial charge in [0.05, 0.1) is 16.6 Å². The topological polar surface area (TPSA) is 56.2 Å². The number of para-hydroxylation sites is 1. The third kappa shape index (κ3) is 2.70. The van der Waals surface area contributed by atoms with Crippen LogP contribution in [0.4, 0.5) is 0 Å². The molecule has 1 aliphatic heterocycles. The first-order valence-electron chi connectivity index (χ1n) is 8.61. The van der Waals surface area contributed by atoms with Crippen LogP contribution in [0.5, 0.6) is 5.75 Å². The average molecular weight is 367 g/mol. The van der Waals surface area contributed by atoms with E-state index < -0.39 is 0 Å². The van der Waals surface area contributed by atoms with Gasteiger partial charge in [0.25, 0.3) is 5.91 Å². The Kier molecular flexibility index (Phi) is 4.07. The second-order valence-electron chi connectivity index (χ2n) is 6.65. The Labute approximate surface area is 156 Å². The molecule has 1 aromatic carbocycles. The SMILES string of the molecule is Cc1nn(C)c(C)c1[C@H](C)NC(=O)c1cc2c(s1)-c1ccccc1OC2. The molecule has 0 saturated carbocycles. The Hall–Kier alpha value is -2.60. The van der Waals surface area contributed by atoms with E-state index in [9.17, 15) is 4.79 Å². The number of amides is 1. The van der Waals surface area contributed by atoms with Gasteiger partial charge in [0.1, 0.15) is 12.4 Å². The minimum absolute atomic E-state index is 0.0583. The first-order valence-corrected chi connectivity index (χ1v) is 9.43. The molecule has 0 aliphatic carbocycles. The molecule has 5 nitrogen and oxygen atoms in total. The molecule has 1 aliphatic rings. The summed E-state index contributed by atoms with van der Waals surface area (Å²) < 4.78 is 7.64. The van der Waals surface area contributed by atoms with Crippen LogP contribution in [0.1, 0.15) is 45.2 Å². The highest BCUT2D eigenvalue weighted by Crippen LogP contribution is 2.42. The van der Waals surface area contributed by atoms with Gasteiger partial charge in [0, 0.05) is 34.3 Å². The molecule has 1 N–H and O–H groups in total. The summed E-state index contributed by atoms with van der Waals surface area (Å²) >= 11 is 1.52. The summed E-state index contributed by atoms with van der Waals surface area (Å²) in [6.45, 7) is 6.51. The Morgan fingerprint density at radius 1 is 1.35 bits per heavy atom. The molecule has 6 heteroatoms. The molecule has 0 fully saturated rings. The van der Waals surface area contributed by atoms with Crippen molar-refractivity contribution in [2.24, 2.45) is 7.05 Å². The minimum atomic E-state index is -0.0983. The fourth-order valence-corrected chi connectivity index (χ4v) is 4.67. The summed E-state index contributed by atoms with van der Waals surface area (Å²) in [5, 5.41) is 7.56. The van der Waals surface area contributed by atoms with Crippen LogP contribution in [0.3, 0.4) is 0 Å². The maximum atomic E-state index is 12.8. The third-order valence-electron chi connectivity index (χ3n) is 4.89. The first-order chi connectivity index (χ1) is 12.5. The minimum Gasteiger partial charge on any atom is -0.488 e. The van der Waals surface area contributed by atoms with Gasteiger partial charge >= 0.3 is 0 Å². The Morgan fingerprint density at radius 2 is 2.12 bits per heavy atom. The lowest BCUT2D eigenvalue weighted by atomic mass is 10.1. The zero-order chi connectivity index (χ0) is 18.4. The van der Waals surface area contributed by atoms with Crippen molar-refractivity contribution in [1.82, 2.24) is 15.1 Å². The van der Waals surface area contributed by atoms with Crippen LogP contribution in [0.15, 0.2) is 30.3 Å². The number of fused-ring (bicyclic) bond motifs is 3. The standard InChI is InChI=1S/C20H21N3O2S/c1-11(18-12(2)22-23(4)13(18)3)21-20(24)17-9-14-10-25-16-8-6-5-7-15(16)19(14)26-17/h5-9,11H,10H2,1-4H3,(H,21,24)/t11-/m0/s1. The van der Waals surface area contributed by atoms with Crippen molar-refractivity contribution in [3.63, 3.8) is 0 Å². The van der Waals surface area contributed by atoms with Crippen LogP contribution in [0.25, 0.3) is 10.4 Å². The van der Waals surface area contributed by atoms with Gasteiger partial charge in [0.2, 0.25) is 0 Å². The van der Waals surface area contributed by atoms with Crippen molar-refractivity contribution in [3.05, 3.63) is 57.7 Å². The van der Waals surface area contributed by atoms with E-state index in [0.717, 1.165) is 38.7 Å². The average Bonchev–Trinajstić information content (AvgIpc) is 3.16. The van der Waals surface area contributed by atoms with Crippen molar-refractivity contribution in [2.45, 2.75) is 33.4 Å². The summed E-state index contributed by atoms with van der Waals surface area (Å²) in [6.07, 6.45) is 0. The summed E-state index contributed by atoms with van der Waals surface area (Å²) in [6, 6.07) is 9.81. The van der Waals surface area contributed by atoms with E-state index in [-0.39, 0.29) is 11.9 Å². The molecule has 3 aromatic rings. The number of nitrogens with zero attached hydrogens (tertiary/aromatic N) is 2. The van der Waals surface area contributed by atoms with Crippen LogP contribution >= 0.6 is 11.3 Å². The highest BCUT2D eigenvalue weighted by atomic mass is 32.1. The van der Waals surface area contributed by atoms with Gasteiger partial charge in [-0.05, 0) is 39.0 Å². The number of ether oxygens (including phenoxy) is 1. The normalized spacial score (nSPS) is 13.5. The van der Waals surface area contributed by atoms with E-state index in [1.807, 2.05) is 62.8 Å². The molecule has 0 unspecified atom stereocenters. The fourth-order valence-electron chi connectivity index (χ4n) is 3.57. The van der Waals surface area contributed by atoms with Crippen LogP contribution in [-0.4, -0.2) is 15.7 Å². The molecule has 0 radical (unpaired) electrons. The number of hydrogen-bond donors (Lipinski definition) is 1. The quantitative estimate of drug-likeness (QED) is 0.757. The highest BCUT2D eigenvalue weighted by molar-refractivity contribution is 7.17. The van der Waals surface area contributed by atoms with Gasteiger partial charge in [-0.2, -0.15) is 5.10 Å². The van der Waals surface area contributed by atoms with E-state index in [0.29, 0.717) is 11.5 Å². The molecule has 26 heavy (non-hydrogen) atoms. The predicted molar refractivity (Wildman–Crippen MR) is 103 cm³/mol. The van der Waals surface area contributed by atoms with Crippen LogP contribution in [0, 0.1) is 13.8 Å². The molecule has 4 rings (SSSR count). The maximum Gasteiger partial charge on any atom is 0.261 e. The fraction of sp³-hybridized carbons (Fsp3) is 0.300. The lowest BCUT2D eigenvalue weighted by molar-refractivity contribution is 0.0943. The smallest absolute Gasteiger partial charge is 0.261 e. The lowest BCUT2D eigenvalue weighted by Crippen LogP contribution is -2.26. The van der Waals surface area contributed by atoms with Crippen LogP contribution in [0.2, 0.25) is 0 Å². The largest absolute Gasteiger partial charge is 0.488 e. The maximum absolute atomic E-state index is 12.8. The van der Waals surface area contributed by atoms with Crippen molar-refractivity contribution in [3.8, 4) is 16.2 Å². The second-order valence-corrected chi connectivity index (χ2v) is 7.71. The van der Waals surface area contributed by atoms with Gasteiger partial charge < -0.3 is 10.1 Å². The zero-order valence-corrected chi connectivity index (χ0v) is 16.1. The molecule has 134 valence electrons. The Bertz CT molecular complexity index is 1000. The zero-order valence-electron chi connectivity index (χ0n) is 15.3. The summed E-state index contributed by atoms with van der Waals surface area (Å²) in [5.41, 5.74) is 5.23. The number of aryl methyl sites for hydroxylation is 2. The first kappa shape index (κ1) is 16.8. The molecule has 2 aromatic heterocycles. The molecule has 0 bridgehead atoms. The van der Waals surface area contributed by atoms with Gasteiger partial charge in [-0.1, -0.05) is 12.1 Å². The number of aromatic nitrogens is 2. The number of benzene rings is 1. The monoisotopic (exact) mass is 367 g/mol. The van der Waals surface area contributed by atoms with E-state index >= 15 is 0 Å². The molecule has 3 heterocycles. The number of carbonyl (C=O) groups excluding carboxylic acids is 1.